The van der Waals surface area contributed by atoms with Crippen molar-refractivity contribution in [3.05, 3.63) is 95.2 Å². The fourth-order valence-corrected chi connectivity index (χ4v) is 5.65. The lowest BCUT2D eigenvalue weighted by molar-refractivity contribution is 0.350. The molecule has 1 unspecified atom stereocenters. The molecule has 0 amide bonds. The van der Waals surface area contributed by atoms with E-state index in [-0.39, 0.29) is 5.75 Å². The molecule has 0 saturated heterocycles. The lowest BCUT2D eigenvalue weighted by Crippen LogP contribution is -2.34. The third kappa shape index (κ3) is 4.83. The number of fused-ring (bicyclic) bond motifs is 1. The monoisotopic (exact) mass is 465 g/mol. The number of ether oxygens (including phenoxy) is 3. The zero-order valence-electron chi connectivity index (χ0n) is 18.9. The molecule has 1 atom stereocenters. The van der Waals surface area contributed by atoms with Gasteiger partial charge in [-0.2, -0.15) is 0 Å². The highest BCUT2D eigenvalue weighted by Crippen LogP contribution is 2.41. The summed E-state index contributed by atoms with van der Waals surface area (Å²) < 4.78 is 44.8. The Bertz CT molecular complexity index is 1240. The minimum Gasteiger partial charge on any atom is -0.497 e. The largest absolute Gasteiger partial charge is 0.497 e. The molecule has 0 saturated carbocycles. The molecule has 33 heavy (non-hydrogen) atoms. The van der Waals surface area contributed by atoms with E-state index < -0.39 is 16.1 Å². The molecule has 0 fully saturated rings. The number of sulfonamides is 1. The summed E-state index contributed by atoms with van der Waals surface area (Å²) in [5, 5.41) is 0. The number of methoxy groups -OCH3 is 3. The van der Waals surface area contributed by atoms with Gasteiger partial charge in [0.05, 0.1) is 33.1 Å². The SMILES string of the molecule is COc1ccc(CC2c3cc(OC)c(OC)cc3C=CN2S(=O)(=O)Cc2ccccc2)cc1. The summed E-state index contributed by atoms with van der Waals surface area (Å²) in [4.78, 5) is 0. The first-order valence-corrected chi connectivity index (χ1v) is 12.2. The molecule has 1 aliphatic heterocycles. The van der Waals surface area contributed by atoms with Crippen LogP contribution < -0.4 is 14.2 Å². The predicted octanol–water partition coefficient (Wildman–Crippen LogP) is 4.81. The first-order chi connectivity index (χ1) is 15.9. The van der Waals surface area contributed by atoms with Crippen molar-refractivity contribution in [2.45, 2.75) is 18.2 Å². The van der Waals surface area contributed by atoms with E-state index in [1.807, 2.05) is 72.8 Å². The van der Waals surface area contributed by atoms with Crippen molar-refractivity contribution in [1.29, 1.82) is 0 Å². The molecule has 0 aliphatic carbocycles. The van der Waals surface area contributed by atoms with Gasteiger partial charge < -0.3 is 14.2 Å². The third-order valence-corrected chi connectivity index (χ3v) is 7.47. The molecular formula is C26H27NO5S. The smallest absolute Gasteiger partial charge is 0.239 e. The zero-order valence-corrected chi connectivity index (χ0v) is 19.7. The minimum atomic E-state index is -3.65. The standard InChI is InChI=1S/C26H27NO5S/c1-30-22-11-9-19(10-12-22)15-24-23-17-26(32-3)25(31-2)16-21(23)13-14-27(24)33(28,29)18-20-7-5-4-6-8-20/h4-14,16-17,24H,15,18H2,1-3H3. The van der Waals surface area contributed by atoms with Crippen LogP contribution in [0.4, 0.5) is 0 Å². The second-order valence-electron chi connectivity index (χ2n) is 7.79. The first-order valence-electron chi connectivity index (χ1n) is 10.6. The van der Waals surface area contributed by atoms with Gasteiger partial charge in [0.25, 0.3) is 0 Å². The van der Waals surface area contributed by atoms with E-state index in [0.717, 1.165) is 28.0 Å². The Morgan fingerprint density at radius 1 is 0.818 bits per heavy atom. The Hall–Kier alpha value is -3.45. The zero-order chi connectivity index (χ0) is 23.4. The minimum absolute atomic E-state index is 0.0834. The summed E-state index contributed by atoms with van der Waals surface area (Å²) in [6.45, 7) is 0. The summed E-state index contributed by atoms with van der Waals surface area (Å²) in [7, 11) is 1.13. The molecule has 0 bridgehead atoms. The van der Waals surface area contributed by atoms with Crippen molar-refractivity contribution in [3.8, 4) is 17.2 Å². The summed E-state index contributed by atoms with van der Waals surface area (Å²) in [5.74, 6) is 1.83. The summed E-state index contributed by atoms with van der Waals surface area (Å²) in [6, 6.07) is 20.2. The second kappa shape index (κ2) is 9.58. The van der Waals surface area contributed by atoms with Crippen LogP contribution in [0, 0.1) is 0 Å². The summed E-state index contributed by atoms with van der Waals surface area (Å²) >= 11 is 0. The van der Waals surface area contributed by atoms with Gasteiger partial charge in [-0.1, -0.05) is 42.5 Å². The van der Waals surface area contributed by atoms with Crippen LogP contribution in [0.25, 0.3) is 6.08 Å². The van der Waals surface area contributed by atoms with Crippen LogP contribution in [-0.2, 0) is 22.2 Å². The van der Waals surface area contributed by atoms with Gasteiger partial charge in [-0.25, -0.2) is 8.42 Å². The maximum atomic E-state index is 13.5. The predicted molar refractivity (Wildman–Crippen MR) is 129 cm³/mol. The maximum absolute atomic E-state index is 13.5. The lowest BCUT2D eigenvalue weighted by Gasteiger charge is -2.35. The molecule has 4 rings (SSSR count). The normalized spacial score (nSPS) is 15.1. The second-order valence-corrected chi connectivity index (χ2v) is 9.67. The van der Waals surface area contributed by atoms with Gasteiger partial charge in [0.1, 0.15) is 5.75 Å². The Morgan fingerprint density at radius 3 is 2.12 bits per heavy atom. The average molecular weight is 466 g/mol. The number of benzene rings is 3. The molecule has 172 valence electrons. The third-order valence-electron chi connectivity index (χ3n) is 5.76. The van der Waals surface area contributed by atoms with E-state index in [1.54, 1.807) is 27.5 Å². The molecule has 0 spiro atoms. The van der Waals surface area contributed by atoms with E-state index in [0.29, 0.717) is 17.9 Å². The maximum Gasteiger partial charge on any atom is 0.239 e. The van der Waals surface area contributed by atoms with Crippen LogP contribution in [0.1, 0.15) is 28.3 Å². The Kier molecular flexibility index (Phi) is 6.60. The van der Waals surface area contributed by atoms with Crippen LogP contribution >= 0.6 is 0 Å². The molecular weight excluding hydrogens is 438 g/mol. The van der Waals surface area contributed by atoms with Gasteiger partial charge >= 0.3 is 0 Å². The van der Waals surface area contributed by atoms with Gasteiger partial charge in [-0.3, -0.25) is 4.31 Å². The van der Waals surface area contributed by atoms with E-state index in [1.165, 1.54) is 4.31 Å². The van der Waals surface area contributed by atoms with Crippen molar-refractivity contribution < 1.29 is 22.6 Å². The van der Waals surface area contributed by atoms with Crippen molar-refractivity contribution in [2.24, 2.45) is 0 Å². The number of nitrogens with zero attached hydrogens (tertiary/aromatic N) is 1. The van der Waals surface area contributed by atoms with Gasteiger partial charge in [-0.15, -0.1) is 0 Å². The van der Waals surface area contributed by atoms with Gasteiger partial charge in [0.15, 0.2) is 11.5 Å². The van der Waals surface area contributed by atoms with Crippen molar-refractivity contribution in [3.63, 3.8) is 0 Å². The fraction of sp³-hybridized carbons (Fsp3) is 0.231. The molecule has 7 heteroatoms. The number of hydrogen-bond donors (Lipinski definition) is 0. The molecule has 0 aromatic heterocycles. The van der Waals surface area contributed by atoms with E-state index in [2.05, 4.69) is 0 Å². The molecule has 1 heterocycles. The van der Waals surface area contributed by atoms with E-state index in [9.17, 15) is 8.42 Å². The lowest BCUT2D eigenvalue weighted by atomic mass is 9.92. The molecule has 1 aliphatic rings. The van der Waals surface area contributed by atoms with E-state index in [4.69, 9.17) is 14.2 Å². The number of rotatable bonds is 8. The Balaban J connectivity index is 1.77. The van der Waals surface area contributed by atoms with Crippen molar-refractivity contribution in [1.82, 2.24) is 4.31 Å². The molecule has 3 aromatic rings. The van der Waals surface area contributed by atoms with Crippen LogP contribution in [-0.4, -0.2) is 34.1 Å². The van der Waals surface area contributed by atoms with Crippen LogP contribution in [0.5, 0.6) is 17.2 Å². The molecule has 0 radical (unpaired) electrons. The van der Waals surface area contributed by atoms with Gasteiger partial charge in [0, 0.05) is 6.20 Å². The summed E-state index contributed by atoms with van der Waals surface area (Å²) in [6.07, 6.45) is 3.95. The molecule has 0 N–H and O–H groups in total. The Morgan fingerprint density at radius 2 is 1.48 bits per heavy atom. The highest BCUT2D eigenvalue weighted by Gasteiger charge is 2.33. The van der Waals surface area contributed by atoms with Gasteiger partial charge in [-0.05, 0) is 59.0 Å². The van der Waals surface area contributed by atoms with Crippen molar-refractivity contribution >= 4 is 16.1 Å². The van der Waals surface area contributed by atoms with Crippen molar-refractivity contribution in [2.75, 3.05) is 21.3 Å². The van der Waals surface area contributed by atoms with Crippen LogP contribution in [0.2, 0.25) is 0 Å². The topological polar surface area (TPSA) is 65.1 Å². The first kappa shape index (κ1) is 22.7. The molecule has 3 aromatic carbocycles. The molecule has 6 nitrogen and oxygen atoms in total. The van der Waals surface area contributed by atoms with E-state index >= 15 is 0 Å². The van der Waals surface area contributed by atoms with Crippen LogP contribution in [0.15, 0.2) is 72.9 Å². The number of hydrogen-bond acceptors (Lipinski definition) is 5. The van der Waals surface area contributed by atoms with Crippen LogP contribution in [0.3, 0.4) is 0 Å². The summed E-state index contributed by atoms with van der Waals surface area (Å²) in [5.41, 5.74) is 3.50. The Labute approximate surface area is 195 Å². The highest BCUT2D eigenvalue weighted by molar-refractivity contribution is 7.88. The fourth-order valence-electron chi connectivity index (χ4n) is 4.07. The average Bonchev–Trinajstić information content (AvgIpc) is 2.84. The highest BCUT2D eigenvalue weighted by atomic mass is 32.2. The van der Waals surface area contributed by atoms with Gasteiger partial charge in [0.2, 0.25) is 10.0 Å². The quantitative estimate of drug-likeness (QED) is 0.478.